The minimum Gasteiger partial charge on any atom is -0.462 e. The van der Waals surface area contributed by atoms with Crippen LogP contribution in [0.4, 0.5) is 0 Å². The molecule has 0 fully saturated rings. The van der Waals surface area contributed by atoms with Gasteiger partial charge in [0.2, 0.25) is 0 Å². The molecule has 0 spiro atoms. The average molecular weight is 447 g/mol. The van der Waals surface area contributed by atoms with Crippen molar-refractivity contribution in [2.45, 2.75) is 117 Å². The quantitative estimate of drug-likeness (QED) is 0.149. The summed E-state index contributed by atoms with van der Waals surface area (Å²) in [5, 5.41) is 0. The maximum absolute atomic E-state index is 12.4. The van der Waals surface area contributed by atoms with Crippen LogP contribution in [0.15, 0.2) is 24.3 Å². The Morgan fingerprint density at radius 2 is 0.844 bits per heavy atom. The number of carbonyl (C=O) groups excluding carboxylic acids is 2. The van der Waals surface area contributed by atoms with Gasteiger partial charge < -0.3 is 9.47 Å². The molecule has 0 N–H and O–H groups in total. The van der Waals surface area contributed by atoms with Crippen molar-refractivity contribution in [3.63, 3.8) is 0 Å². The predicted octanol–water partition coefficient (Wildman–Crippen LogP) is 8.28. The lowest BCUT2D eigenvalue weighted by Gasteiger charge is -2.10. The van der Waals surface area contributed by atoms with E-state index < -0.39 is 11.9 Å². The molecular weight excluding hydrogens is 400 g/mol. The van der Waals surface area contributed by atoms with Crippen molar-refractivity contribution < 1.29 is 19.1 Å². The van der Waals surface area contributed by atoms with Gasteiger partial charge in [0.15, 0.2) is 0 Å². The molecule has 32 heavy (non-hydrogen) atoms. The summed E-state index contributed by atoms with van der Waals surface area (Å²) in [4.78, 5) is 24.7. The molecule has 0 bridgehead atoms. The van der Waals surface area contributed by atoms with E-state index >= 15 is 0 Å². The zero-order valence-corrected chi connectivity index (χ0v) is 20.7. The van der Waals surface area contributed by atoms with E-state index in [0.717, 1.165) is 32.1 Å². The second-order valence-electron chi connectivity index (χ2n) is 8.77. The molecule has 0 saturated heterocycles. The molecule has 0 aliphatic rings. The Balaban J connectivity index is 2.12. The lowest BCUT2D eigenvalue weighted by Crippen LogP contribution is -2.15. The van der Waals surface area contributed by atoms with Crippen molar-refractivity contribution in [2.75, 3.05) is 13.2 Å². The summed E-state index contributed by atoms with van der Waals surface area (Å²) >= 11 is 0. The first-order valence-corrected chi connectivity index (χ1v) is 13.1. The van der Waals surface area contributed by atoms with Gasteiger partial charge in [0.1, 0.15) is 0 Å². The van der Waals surface area contributed by atoms with Gasteiger partial charge in [-0.3, -0.25) is 0 Å². The number of hydrogen-bond acceptors (Lipinski definition) is 4. The smallest absolute Gasteiger partial charge is 0.339 e. The summed E-state index contributed by atoms with van der Waals surface area (Å²) in [5.74, 6) is -0.889. The third-order valence-electron chi connectivity index (χ3n) is 5.83. The minimum absolute atomic E-state index is 0.291. The topological polar surface area (TPSA) is 52.6 Å². The minimum atomic E-state index is -0.449. The Kier molecular flexibility index (Phi) is 17.5. The molecule has 0 saturated carbocycles. The largest absolute Gasteiger partial charge is 0.462 e. The van der Waals surface area contributed by atoms with Crippen LogP contribution in [-0.2, 0) is 9.47 Å². The van der Waals surface area contributed by atoms with Gasteiger partial charge in [0.25, 0.3) is 0 Å². The van der Waals surface area contributed by atoms with Gasteiger partial charge in [0, 0.05) is 0 Å². The molecule has 0 aliphatic carbocycles. The standard InChI is InChI=1S/C28H46O4/c1-3-5-7-8-9-10-11-12-13-14-15-16-20-24-32-28(30)26-22-18-17-21-25(26)27(29)31-23-19-6-4-2/h17-18,21-22H,3-16,19-20,23-24H2,1-2H3. The molecule has 4 nitrogen and oxygen atoms in total. The number of carbonyl (C=O) groups is 2. The number of hydrogen-bond donors (Lipinski definition) is 0. The van der Waals surface area contributed by atoms with Gasteiger partial charge in [-0.15, -0.1) is 0 Å². The molecule has 1 aromatic carbocycles. The molecule has 1 rings (SSSR count). The van der Waals surface area contributed by atoms with E-state index in [-0.39, 0.29) is 0 Å². The fourth-order valence-corrected chi connectivity index (χ4v) is 3.80. The lowest BCUT2D eigenvalue weighted by molar-refractivity contribution is 0.0450. The van der Waals surface area contributed by atoms with E-state index in [9.17, 15) is 9.59 Å². The monoisotopic (exact) mass is 446 g/mol. The molecule has 0 aliphatic heterocycles. The van der Waals surface area contributed by atoms with E-state index in [1.165, 1.54) is 70.6 Å². The number of esters is 2. The van der Waals surface area contributed by atoms with E-state index in [4.69, 9.17) is 9.47 Å². The molecular formula is C28H46O4. The van der Waals surface area contributed by atoms with Crippen LogP contribution < -0.4 is 0 Å². The summed E-state index contributed by atoms with van der Waals surface area (Å²) in [6.45, 7) is 5.15. The van der Waals surface area contributed by atoms with Crippen LogP contribution in [-0.4, -0.2) is 25.2 Å². The summed E-state index contributed by atoms with van der Waals surface area (Å²) in [7, 11) is 0. The molecule has 0 amide bonds. The zero-order valence-electron chi connectivity index (χ0n) is 20.7. The number of ether oxygens (including phenoxy) is 2. The Morgan fingerprint density at radius 1 is 0.531 bits per heavy atom. The zero-order chi connectivity index (χ0) is 23.3. The van der Waals surface area contributed by atoms with Crippen LogP contribution in [0.2, 0.25) is 0 Å². The van der Waals surface area contributed by atoms with E-state index in [2.05, 4.69) is 13.8 Å². The molecule has 4 heteroatoms. The molecule has 0 atom stereocenters. The fraction of sp³-hybridized carbons (Fsp3) is 0.714. The molecule has 182 valence electrons. The van der Waals surface area contributed by atoms with Crippen molar-refractivity contribution in [1.82, 2.24) is 0 Å². The van der Waals surface area contributed by atoms with Crippen molar-refractivity contribution in [3.05, 3.63) is 35.4 Å². The summed E-state index contributed by atoms with van der Waals surface area (Å²) in [6, 6.07) is 6.75. The van der Waals surface area contributed by atoms with Crippen LogP contribution in [0.5, 0.6) is 0 Å². The summed E-state index contributed by atoms with van der Waals surface area (Å²) < 4.78 is 10.7. The van der Waals surface area contributed by atoms with Gasteiger partial charge >= 0.3 is 11.9 Å². The van der Waals surface area contributed by atoms with Crippen molar-refractivity contribution >= 4 is 11.9 Å². The van der Waals surface area contributed by atoms with Crippen molar-refractivity contribution in [3.8, 4) is 0 Å². The third kappa shape index (κ3) is 13.5. The number of benzene rings is 1. The van der Waals surface area contributed by atoms with Crippen molar-refractivity contribution in [2.24, 2.45) is 0 Å². The maximum atomic E-state index is 12.4. The Morgan fingerprint density at radius 3 is 1.25 bits per heavy atom. The van der Waals surface area contributed by atoms with Crippen LogP contribution in [0.25, 0.3) is 0 Å². The summed E-state index contributed by atoms with van der Waals surface area (Å²) in [6.07, 6.45) is 19.6. The molecule has 1 aromatic rings. The Bertz CT molecular complexity index is 611. The molecule has 0 aromatic heterocycles. The van der Waals surface area contributed by atoms with Crippen molar-refractivity contribution in [1.29, 1.82) is 0 Å². The summed E-state index contributed by atoms with van der Waals surface area (Å²) in [5.41, 5.74) is 0.585. The van der Waals surface area contributed by atoms with E-state index in [1.807, 2.05) is 0 Å². The number of unbranched alkanes of at least 4 members (excludes halogenated alkanes) is 14. The van der Waals surface area contributed by atoms with Gasteiger partial charge in [-0.25, -0.2) is 9.59 Å². The third-order valence-corrected chi connectivity index (χ3v) is 5.83. The molecule has 0 heterocycles. The highest BCUT2D eigenvalue weighted by atomic mass is 16.5. The highest BCUT2D eigenvalue weighted by molar-refractivity contribution is 6.03. The van der Waals surface area contributed by atoms with Crippen LogP contribution in [0.1, 0.15) is 137 Å². The molecule has 0 radical (unpaired) electrons. The molecule has 0 unspecified atom stereocenters. The van der Waals surface area contributed by atoms with Crippen LogP contribution >= 0.6 is 0 Å². The van der Waals surface area contributed by atoms with Gasteiger partial charge in [-0.05, 0) is 25.0 Å². The van der Waals surface area contributed by atoms with E-state index in [1.54, 1.807) is 24.3 Å². The average Bonchev–Trinajstić information content (AvgIpc) is 2.81. The van der Waals surface area contributed by atoms with Crippen LogP contribution in [0.3, 0.4) is 0 Å². The Labute approximate surface area is 196 Å². The predicted molar refractivity (Wildman–Crippen MR) is 132 cm³/mol. The van der Waals surface area contributed by atoms with E-state index in [0.29, 0.717) is 24.3 Å². The first kappa shape index (κ1) is 28.2. The fourth-order valence-electron chi connectivity index (χ4n) is 3.80. The maximum Gasteiger partial charge on any atom is 0.339 e. The first-order chi connectivity index (χ1) is 15.7. The normalized spacial score (nSPS) is 10.8. The van der Waals surface area contributed by atoms with Gasteiger partial charge in [-0.1, -0.05) is 116 Å². The van der Waals surface area contributed by atoms with Gasteiger partial charge in [-0.2, -0.15) is 0 Å². The van der Waals surface area contributed by atoms with Gasteiger partial charge in [0.05, 0.1) is 24.3 Å². The SMILES string of the molecule is CCCCCCCCCCCCCCCOC(=O)c1ccccc1C(=O)OCCCCC. The number of rotatable bonds is 20. The second-order valence-corrected chi connectivity index (χ2v) is 8.77. The first-order valence-electron chi connectivity index (χ1n) is 13.1. The van der Waals surface area contributed by atoms with Crippen LogP contribution in [0, 0.1) is 0 Å². The highest BCUT2D eigenvalue weighted by Gasteiger charge is 2.18. The Hall–Kier alpha value is -1.84. The lowest BCUT2D eigenvalue weighted by atomic mass is 10.0. The highest BCUT2D eigenvalue weighted by Crippen LogP contribution is 2.14. The second kappa shape index (κ2) is 19.8.